The minimum Gasteiger partial charge on any atom is -0.334 e. The average molecular weight is 371 g/mol. The zero-order chi connectivity index (χ0) is 19.5. The van der Waals surface area contributed by atoms with Crippen molar-refractivity contribution in [2.45, 2.75) is 45.7 Å². The van der Waals surface area contributed by atoms with Crippen LogP contribution in [0, 0.1) is 11.8 Å². The summed E-state index contributed by atoms with van der Waals surface area (Å²) in [6, 6.07) is 0. The molecule has 1 fully saturated rings. The van der Waals surface area contributed by atoms with Crippen molar-refractivity contribution in [3.05, 3.63) is 23.8 Å². The number of piperidine rings is 1. The number of halogens is 3. The number of hydrogen-bond acceptors (Lipinski definition) is 3. The highest BCUT2D eigenvalue weighted by molar-refractivity contribution is 6.01. The van der Waals surface area contributed by atoms with Crippen LogP contribution in [-0.2, 0) is 9.59 Å². The van der Waals surface area contributed by atoms with Crippen LogP contribution in [0.25, 0.3) is 0 Å². The summed E-state index contributed by atoms with van der Waals surface area (Å²) < 4.78 is 37.7. The number of allylic oxidation sites excluding steroid dienone is 3. The second-order valence-electron chi connectivity index (χ2n) is 6.99. The van der Waals surface area contributed by atoms with Crippen molar-refractivity contribution >= 4 is 17.5 Å². The monoisotopic (exact) mass is 371 g/mol. The van der Waals surface area contributed by atoms with Gasteiger partial charge in [0, 0.05) is 13.1 Å². The molecule has 5 nitrogen and oxygen atoms in total. The molecule has 0 bridgehead atoms. The summed E-state index contributed by atoms with van der Waals surface area (Å²) in [5.74, 6) is -2.77. The molecular formula is C18H24F3N3O2. The molecule has 144 valence electrons. The third kappa shape index (κ3) is 4.95. The predicted octanol–water partition coefficient (Wildman–Crippen LogP) is 3.19. The molecule has 2 rings (SSSR count). The number of carbonyl (C=O) groups is 2. The van der Waals surface area contributed by atoms with E-state index in [9.17, 15) is 22.8 Å². The Morgan fingerprint density at radius 2 is 2.04 bits per heavy atom. The molecule has 2 atom stereocenters. The molecule has 1 heterocycles. The molecule has 8 heteroatoms. The Morgan fingerprint density at radius 1 is 1.35 bits per heavy atom. The second-order valence-corrected chi connectivity index (χ2v) is 6.99. The van der Waals surface area contributed by atoms with E-state index in [2.05, 4.69) is 17.1 Å². The first-order valence-electron chi connectivity index (χ1n) is 8.64. The van der Waals surface area contributed by atoms with Gasteiger partial charge in [-0.15, -0.1) is 0 Å². The van der Waals surface area contributed by atoms with E-state index in [0.717, 1.165) is 23.3 Å². The number of hydrazone groups is 1. The maximum absolute atomic E-state index is 12.6. The quantitative estimate of drug-likeness (QED) is 0.612. The molecule has 2 unspecified atom stereocenters. The number of likely N-dealkylation sites (tertiary alicyclic amines) is 1. The number of hydrogen-bond donors (Lipinski definition) is 1. The van der Waals surface area contributed by atoms with E-state index in [1.54, 1.807) is 0 Å². The van der Waals surface area contributed by atoms with E-state index in [0.29, 0.717) is 24.2 Å². The molecular weight excluding hydrogens is 347 g/mol. The standard InChI is InChI=1S/C18H24F3N3O2/c1-11(2)13-7-6-12(3)15(9-13)22-23-16(25)14-5-4-8-24(10-14)17(26)18(19,20)21/h6,13-14H,1,4-5,7-10H2,2-3H3,(H,23,25). The highest BCUT2D eigenvalue weighted by Crippen LogP contribution is 2.27. The lowest BCUT2D eigenvalue weighted by atomic mass is 9.85. The number of nitrogens with zero attached hydrogens (tertiary/aromatic N) is 2. The van der Waals surface area contributed by atoms with Crippen molar-refractivity contribution in [3.8, 4) is 0 Å². The molecule has 26 heavy (non-hydrogen) atoms. The lowest BCUT2D eigenvalue weighted by Gasteiger charge is -2.32. The molecule has 0 aromatic heterocycles. The first-order chi connectivity index (χ1) is 12.1. The van der Waals surface area contributed by atoms with Gasteiger partial charge in [-0.05, 0) is 51.0 Å². The maximum Gasteiger partial charge on any atom is 0.471 e. The number of amides is 2. The van der Waals surface area contributed by atoms with Gasteiger partial charge < -0.3 is 4.90 Å². The summed E-state index contributed by atoms with van der Waals surface area (Å²) >= 11 is 0. The summed E-state index contributed by atoms with van der Waals surface area (Å²) in [6.07, 6.45) is -0.542. The third-order valence-electron chi connectivity index (χ3n) is 4.92. The van der Waals surface area contributed by atoms with Crippen LogP contribution in [0.1, 0.15) is 39.5 Å². The molecule has 0 spiro atoms. The Hall–Kier alpha value is -2.12. The number of alkyl halides is 3. The Labute approximate surface area is 151 Å². The Bertz CT molecular complexity index is 653. The van der Waals surface area contributed by atoms with Crippen LogP contribution < -0.4 is 5.43 Å². The topological polar surface area (TPSA) is 61.8 Å². The van der Waals surface area contributed by atoms with E-state index < -0.39 is 23.9 Å². The highest BCUT2D eigenvalue weighted by Gasteiger charge is 2.44. The zero-order valence-corrected chi connectivity index (χ0v) is 15.0. The second kappa shape index (κ2) is 8.05. The van der Waals surface area contributed by atoms with Crippen molar-refractivity contribution in [3.63, 3.8) is 0 Å². The van der Waals surface area contributed by atoms with Gasteiger partial charge in [0.05, 0.1) is 11.6 Å². The highest BCUT2D eigenvalue weighted by atomic mass is 19.4. The first kappa shape index (κ1) is 20.2. The average Bonchev–Trinajstić information content (AvgIpc) is 2.59. The van der Waals surface area contributed by atoms with Crippen molar-refractivity contribution < 1.29 is 22.8 Å². The lowest BCUT2D eigenvalue weighted by molar-refractivity contribution is -0.187. The zero-order valence-electron chi connectivity index (χ0n) is 15.0. The van der Waals surface area contributed by atoms with E-state index in [-0.39, 0.29) is 19.0 Å². The molecule has 1 aliphatic heterocycles. The third-order valence-corrected chi connectivity index (χ3v) is 4.92. The van der Waals surface area contributed by atoms with E-state index in [1.807, 2.05) is 19.9 Å². The number of carbonyl (C=O) groups excluding carboxylic acids is 2. The fourth-order valence-corrected chi connectivity index (χ4v) is 3.19. The number of nitrogens with one attached hydrogen (secondary N) is 1. The van der Waals surface area contributed by atoms with Gasteiger partial charge in [-0.1, -0.05) is 18.2 Å². The Kier molecular flexibility index (Phi) is 6.26. The molecule has 2 amide bonds. The fraction of sp³-hybridized carbons (Fsp3) is 0.611. The minimum atomic E-state index is -4.92. The van der Waals surface area contributed by atoms with Gasteiger partial charge in [0.15, 0.2) is 0 Å². The van der Waals surface area contributed by atoms with Crippen LogP contribution in [0.2, 0.25) is 0 Å². The van der Waals surface area contributed by atoms with Crippen LogP contribution in [0.5, 0.6) is 0 Å². The van der Waals surface area contributed by atoms with E-state index in [4.69, 9.17) is 0 Å². The van der Waals surface area contributed by atoms with Crippen molar-refractivity contribution in [1.29, 1.82) is 0 Å². The molecule has 0 radical (unpaired) electrons. The normalized spacial score (nSPS) is 25.7. The van der Waals surface area contributed by atoms with Gasteiger partial charge in [0.2, 0.25) is 5.91 Å². The summed E-state index contributed by atoms with van der Waals surface area (Å²) in [5, 5.41) is 4.17. The van der Waals surface area contributed by atoms with Gasteiger partial charge in [0.1, 0.15) is 0 Å². The molecule has 1 saturated heterocycles. The fourth-order valence-electron chi connectivity index (χ4n) is 3.19. The van der Waals surface area contributed by atoms with E-state index in [1.165, 1.54) is 0 Å². The Morgan fingerprint density at radius 3 is 2.65 bits per heavy atom. The van der Waals surface area contributed by atoms with Crippen LogP contribution in [0.3, 0.4) is 0 Å². The molecule has 0 aromatic carbocycles. The summed E-state index contributed by atoms with van der Waals surface area (Å²) in [7, 11) is 0. The van der Waals surface area contributed by atoms with Crippen LogP contribution in [0.15, 0.2) is 28.9 Å². The van der Waals surface area contributed by atoms with Crippen molar-refractivity contribution in [2.24, 2.45) is 16.9 Å². The van der Waals surface area contributed by atoms with Crippen LogP contribution >= 0.6 is 0 Å². The maximum atomic E-state index is 12.6. The van der Waals surface area contributed by atoms with Crippen molar-refractivity contribution in [2.75, 3.05) is 13.1 Å². The van der Waals surface area contributed by atoms with Crippen LogP contribution in [-0.4, -0.2) is 41.7 Å². The van der Waals surface area contributed by atoms with Gasteiger partial charge in [0.25, 0.3) is 0 Å². The molecule has 0 aromatic rings. The smallest absolute Gasteiger partial charge is 0.334 e. The number of rotatable bonds is 3. The molecule has 1 N–H and O–H groups in total. The van der Waals surface area contributed by atoms with Gasteiger partial charge in [-0.25, -0.2) is 5.43 Å². The van der Waals surface area contributed by atoms with Gasteiger partial charge in [-0.3, -0.25) is 9.59 Å². The minimum absolute atomic E-state index is 0.0127. The SMILES string of the molecule is C=C(C)C1CC=C(C)C(=NNC(=O)C2CCCN(C(=O)C(F)(F)F)C2)C1. The van der Waals surface area contributed by atoms with Gasteiger partial charge in [-0.2, -0.15) is 18.3 Å². The predicted molar refractivity (Wildman–Crippen MR) is 92.2 cm³/mol. The van der Waals surface area contributed by atoms with Crippen LogP contribution in [0.4, 0.5) is 13.2 Å². The molecule has 1 aliphatic carbocycles. The molecule has 0 saturated carbocycles. The summed E-state index contributed by atoms with van der Waals surface area (Å²) in [6.45, 7) is 7.58. The molecule has 2 aliphatic rings. The summed E-state index contributed by atoms with van der Waals surface area (Å²) in [5.41, 5.74) is 5.23. The van der Waals surface area contributed by atoms with Crippen molar-refractivity contribution in [1.82, 2.24) is 10.3 Å². The largest absolute Gasteiger partial charge is 0.471 e. The van der Waals surface area contributed by atoms with E-state index >= 15 is 0 Å². The summed E-state index contributed by atoms with van der Waals surface area (Å²) in [4.78, 5) is 24.4. The first-order valence-corrected chi connectivity index (χ1v) is 8.64. The Balaban J connectivity index is 1.99. The lowest BCUT2D eigenvalue weighted by Crippen LogP contribution is -2.49. The van der Waals surface area contributed by atoms with Gasteiger partial charge >= 0.3 is 12.1 Å².